The molecule has 158 valence electrons. The third-order valence-electron chi connectivity index (χ3n) is 4.72. The van der Waals surface area contributed by atoms with Crippen LogP contribution in [-0.4, -0.2) is 42.1 Å². The molecule has 1 aliphatic rings. The first-order valence-corrected chi connectivity index (χ1v) is 10.3. The molecule has 3 rings (SSSR count). The molecule has 1 fully saturated rings. The van der Waals surface area contributed by atoms with Gasteiger partial charge in [-0.15, -0.1) is 11.3 Å². The molecule has 1 saturated heterocycles. The quantitative estimate of drug-likeness (QED) is 0.787. The van der Waals surface area contributed by atoms with E-state index in [4.69, 9.17) is 0 Å². The molecule has 0 atom stereocenters. The first kappa shape index (κ1) is 21.4. The molecular weight excluding hydrogens is 401 g/mol. The van der Waals surface area contributed by atoms with Crippen LogP contribution >= 0.6 is 11.3 Å². The number of benzene rings is 1. The molecule has 9 heteroatoms. The molecule has 0 saturated carbocycles. The van der Waals surface area contributed by atoms with Crippen LogP contribution in [0.4, 0.5) is 23.7 Å². The molecule has 1 aromatic heterocycles. The number of halogens is 3. The second-order valence-corrected chi connectivity index (χ2v) is 8.93. The Kier molecular flexibility index (Phi) is 6.07. The van der Waals surface area contributed by atoms with Crippen molar-refractivity contribution in [2.75, 3.05) is 31.1 Å². The number of rotatable bonds is 3. The fourth-order valence-electron chi connectivity index (χ4n) is 3.06. The van der Waals surface area contributed by atoms with E-state index >= 15 is 0 Å². The summed E-state index contributed by atoms with van der Waals surface area (Å²) >= 11 is 1.58. The lowest BCUT2D eigenvalue weighted by molar-refractivity contribution is -0.137. The second kappa shape index (κ2) is 8.22. The minimum absolute atomic E-state index is 0.0212. The van der Waals surface area contributed by atoms with Gasteiger partial charge in [-0.25, -0.2) is 9.78 Å². The highest BCUT2D eigenvalue weighted by atomic mass is 32.1. The Hall–Kier alpha value is -2.29. The minimum atomic E-state index is -4.36. The number of urea groups is 1. The standard InChI is InChI=1S/C20H25F3N4OS/c1-19(2,3)17-25-15(13-29-17)12-24-18(28)27-9-7-26(8-10-27)16-6-4-5-14(11-16)20(21,22)23/h4-6,11,13H,7-10,12H2,1-3H3,(H,24,28). The van der Waals surface area contributed by atoms with Gasteiger partial charge in [0, 0.05) is 42.7 Å². The van der Waals surface area contributed by atoms with Gasteiger partial charge in [0.1, 0.15) is 0 Å². The van der Waals surface area contributed by atoms with E-state index in [1.54, 1.807) is 22.3 Å². The summed E-state index contributed by atoms with van der Waals surface area (Å²) in [6.45, 7) is 8.52. The molecule has 2 aromatic rings. The SMILES string of the molecule is CC(C)(C)c1nc(CNC(=O)N2CCN(c3cccc(C(F)(F)F)c3)CC2)cs1. The summed E-state index contributed by atoms with van der Waals surface area (Å²) in [5, 5.41) is 5.86. The summed E-state index contributed by atoms with van der Waals surface area (Å²) in [7, 11) is 0. The van der Waals surface area contributed by atoms with Crippen LogP contribution in [0, 0.1) is 0 Å². The van der Waals surface area contributed by atoms with Gasteiger partial charge in [0.15, 0.2) is 0 Å². The van der Waals surface area contributed by atoms with Gasteiger partial charge in [-0.05, 0) is 18.2 Å². The molecule has 0 spiro atoms. The number of hydrogen-bond acceptors (Lipinski definition) is 4. The van der Waals surface area contributed by atoms with Gasteiger partial charge in [0.05, 0.1) is 22.8 Å². The van der Waals surface area contributed by atoms with Crippen molar-refractivity contribution in [2.24, 2.45) is 0 Å². The number of hydrogen-bond donors (Lipinski definition) is 1. The number of nitrogens with one attached hydrogen (secondary N) is 1. The molecule has 0 radical (unpaired) electrons. The van der Waals surface area contributed by atoms with Gasteiger partial charge >= 0.3 is 12.2 Å². The number of nitrogens with zero attached hydrogens (tertiary/aromatic N) is 3. The fraction of sp³-hybridized carbons (Fsp3) is 0.500. The van der Waals surface area contributed by atoms with Crippen LogP contribution in [0.15, 0.2) is 29.6 Å². The number of anilines is 1. The molecule has 0 aliphatic carbocycles. The van der Waals surface area contributed by atoms with Gasteiger partial charge < -0.3 is 15.1 Å². The topological polar surface area (TPSA) is 48.5 Å². The first-order valence-electron chi connectivity index (χ1n) is 9.44. The van der Waals surface area contributed by atoms with E-state index in [1.165, 1.54) is 6.07 Å². The predicted octanol–water partition coefficient (Wildman–Crippen LogP) is 4.49. The molecule has 0 bridgehead atoms. The summed E-state index contributed by atoms with van der Waals surface area (Å²) in [6, 6.07) is 5.12. The van der Waals surface area contributed by atoms with Gasteiger partial charge in [-0.3, -0.25) is 0 Å². The van der Waals surface area contributed by atoms with E-state index in [2.05, 4.69) is 31.1 Å². The number of amides is 2. The maximum absolute atomic E-state index is 12.9. The van der Waals surface area contributed by atoms with Crippen molar-refractivity contribution in [1.82, 2.24) is 15.2 Å². The maximum Gasteiger partial charge on any atom is 0.416 e. The number of alkyl halides is 3. The van der Waals surface area contributed by atoms with Crippen LogP contribution in [0.3, 0.4) is 0 Å². The lowest BCUT2D eigenvalue weighted by atomic mass is 9.98. The van der Waals surface area contributed by atoms with Crippen molar-refractivity contribution in [3.63, 3.8) is 0 Å². The Morgan fingerprint density at radius 2 is 1.86 bits per heavy atom. The highest BCUT2D eigenvalue weighted by Gasteiger charge is 2.31. The van der Waals surface area contributed by atoms with Crippen LogP contribution in [-0.2, 0) is 18.1 Å². The first-order chi connectivity index (χ1) is 13.5. The van der Waals surface area contributed by atoms with Crippen molar-refractivity contribution < 1.29 is 18.0 Å². The maximum atomic E-state index is 12.9. The van der Waals surface area contributed by atoms with Crippen LogP contribution in [0.5, 0.6) is 0 Å². The summed E-state index contributed by atoms with van der Waals surface area (Å²) in [4.78, 5) is 20.5. The molecule has 2 heterocycles. The zero-order valence-corrected chi connectivity index (χ0v) is 17.5. The summed E-state index contributed by atoms with van der Waals surface area (Å²) in [5.41, 5.74) is 0.674. The summed E-state index contributed by atoms with van der Waals surface area (Å²) < 4.78 is 38.7. The van der Waals surface area contributed by atoms with Gasteiger partial charge in [0.2, 0.25) is 0 Å². The molecule has 5 nitrogen and oxygen atoms in total. The van der Waals surface area contributed by atoms with Crippen molar-refractivity contribution in [3.05, 3.63) is 45.9 Å². The molecular formula is C20H25F3N4OS. The van der Waals surface area contributed by atoms with Crippen LogP contribution in [0.25, 0.3) is 0 Å². The van der Waals surface area contributed by atoms with E-state index in [-0.39, 0.29) is 11.4 Å². The number of carbonyl (C=O) groups excluding carboxylic acids is 1. The minimum Gasteiger partial charge on any atom is -0.368 e. The molecule has 1 N–H and O–H groups in total. The Balaban J connectivity index is 1.51. The third-order valence-corrected chi connectivity index (χ3v) is 6.04. The highest BCUT2D eigenvalue weighted by molar-refractivity contribution is 7.09. The van der Waals surface area contributed by atoms with Crippen molar-refractivity contribution in [1.29, 1.82) is 0 Å². The summed E-state index contributed by atoms with van der Waals surface area (Å²) in [5.74, 6) is 0. The van der Waals surface area contributed by atoms with E-state index < -0.39 is 11.7 Å². The summed E-state index contributed by atoms with van der Waals surface area (Å²) in [6.07, 6.45) is -4.36. The second-order valence-electron chi connectivity index (χ2n) is 8.07. The van der Waals surface area contributed by atoms with E-state index in [9.17, 15) is 18.0 Å². The monoisotopic (exact) mass is 426 g/mol. The Labute approximate surface area is 172 Å². The molecule has 1 aliphatic heterocycles. The third kappa shape index (κ3) is 5.41. The molecule has 29 heavy (non-hydrogen) atoms. The number of carbonyl (C=O) groups is 1. The average Bonchev–Trinajstić information content (AvgIpc) is 3.15. The van der Waals surface area contributed by atoms with E-state index in [0.29, 0.717) is 38.4 Å². The van der Waals surface area contributed by atoms with Gasteiger partial charge in [-0.1, -0.05) is 26.8 Å². The van der Waals surface area contributed by atoms with Crippen molar-refractivity contribution in [3.8, 4) is 0 Å². The Morgan fingerprint density at radius 1 is 1.17 bits per heavy atom. The van der Waals surface area contributed by atoms with E-state index in [1.807, 2.05) is 10.3 Å². The number of piperazine rings is 1. The van der Waals surface area contributed by atoms with Gasteiger partial charge in [0.25, 0.3) is 0 Å². The predicted molar refractivity (Wildman–Crippen MR) is 108 cm³/mol. The smallest absolute Gasteiger partial charge is 0.368 e. The molecule has 0 unspecified atom stereocenters. The molecule has 2 amide bonds. The number of aromatic nitrogens is 1. The average molecular weight is 427 g/mol. The fourth-order valence-corrected chi connectivity index (χ4v) is 3.96. The molecule has 1 aromatic carbocycles. The highest BCUT2D eigenvalue weighted by Crippen LogP contribution is 2.32. The largest absolute Gasteiger partial charge is 0.416 e. The van der Waals surface area contributed by atoms with Gasteiger partial charge in [-0.2, -0.15) is 13.2 Å². The Morgan fingerprint density at radius 3 is 2.45 bits per heavy atom. The van der Waals surface area contributed by atoms with Crippen LogP contribution < -0.4 is 10.2 Å². The Bertz CT molecular complexity index is 852. The van der Waals surface area contributed by atoms with E-state index in [0.717, 1.165) is 22.8 Å². The van der Waals surface area contributed by atoms with Crippen LogP contribution in [0.1, 0.15) is 37.0 Å². The lowest BCUT2D eigenvalue weighted by Gasteiger charge is -2.36. The normalized spacial score (nSPS) is 15.5. The van der Waals surface area contributed by atoms with Crippen molar-refractivity contribution in [2.45, 2.75) is 38.9 Å². The number of thiazole rings is 1. The lowest BCUT2D eigenvalue weighted by Crippen LogP contribution is -2.51. The van der Waals surface area contributed by atoms with Crippen LogP contribution in [0.2, 0.25) is 0 Å². The van der Waals surface area contributed by atoms with Crippen molar-refractivity contribution >= 4 is 23.1 Å². The zero-order chi connectivity index (χ0) is 21.2. The zero-order valence-electron chi connectivity index (χ0n) is 16.7.